The number of nitrogens with one attached hydrogen (secondary N) is 1. The summed E-state index contributed by atoms with van der Waals surface area (Å²) < 4.78 is 4.98. The van der Waals surface area contributed by atoms with Gasteiger partial charge in [0, 0.05) is 20.3 Å². The Morgan fingerprint density at radius 2 is 2.23 bits per heavy atom. The van der Waals surface area contributed by atoms with Crippen LogP contribution in [0, 0.1) is 5.41 Å². The second-order valence-electron chi connectivity index (χ2n) is 4.08. The first-order chi connectivity index (χ1) is 6.33. The van der Waals surface area contributed by atoms with Gasteiger partial charge in [0.05, 0.1) is 0 Å². The molecule has 0 aliphatic heterocycles. The van der Waals surface area contributed by atoms with Crippen molar-refractivity contribution >= 4 is 0 Å². The van der Waals surface area contributed by atoms with Crippen molar-refractivity contribution in [2.24, 2.45) is 11.1 Å². The Morgan fingerprint density at radius 3 is 2.69 bits per heavy atom. The van der Waals surface area contributed by atoms with Crippen LogP contribution in [0.2, 0.25) is 0 Å². The molecule has 3 heteroatoms. The van der Waals surface area contributed by atoms with Crippen molar-refractivity contribution in [1.29, 1.82) is 0 Å². The molecular weight excluding hydrogens is 164 g/mol. The van der Waals surface area contributed by atoms with Gasteiger partial charge in [-0.2, -0.15) is 0 Å². The maximum atomic E-state index is 5.75. The maximum absolute atomic E-state index is 5.75. The molecule has 0 heterocycles. The van der Waals surface area contributed by atoms with E-state index in [9.17, 15) is 0 Å². The minimum atomic E-state index is 0.438. The number of methoxy groups -OCH3 is 1. The molecule has 1 saturated carbocycles. The number of rotatable bonds is 7. The van der Waals surface area contributed by atoms with Gasteiger partial charge in [0.1, 0.15) is 0 Å². The van der Waals surface area contributed by atoms with Crippen LogP contribution in [-0.2, 0) is 4.74 Å². The van der Waals surface area contributed by atoms with Crippen LogP contribution in [0.5, 0.6) is 0 Å². The second kappa shape index (κ2) is 5.58. The summed E-state index contributed by atoms with van der Waals surface area (Å²) in [5, 5.41) is 3.45. The van der Waals surface area contributed by atoms with E-state index in [-0.39, 0.29) is 0 Å². The van der Waals surface area contributed by atoms with Crippen molar-refractivity contribution in [3.8, 4) is 0 Å². The summed E-state index contributed by atoms with van der Waals surface area (Å²) in [4.78, 5) is 0. The molecule has 0 aromatic heterocycles. The van der Waals surface area contributed by atoms with E-state index >= 15 is 0 Å². The summed E-state index contributed by atoms with van der Waals surface area (Å²) in [7, 11) is 1.74. The van der Waals surface area contributed by atoms with Crippen LogP contribution < -0.4 is 11.1 Å². The number of hydrogen-bond acceptors (Lipinski definition) is 3. The van der Waals surface area contributed by atoms with Gasteiger partial charge in [-0.1, -0.05) is 6.42 Å². The SMILES string of the molecule is COCCCNCC1(CN)CCC1. The molecule has 0 bridgehead atoms. The topological polar surface area (TPSA) is 47.3 Å². The molecule has 1 rings (SSSR count). The summed E-state index contributed by atoms with van der Waals surface area (Å²) in [6.45, 7) is 3.83. The van der Waals surface area contributed by atoms with Crippen molar-refractivity contribution in [1.82, 2.24) is 5.32 Å². The fourth-order valence-corrected chi connectivity index (χ4v) is 1.82. The van der Waals surface area contributed by atoms with Gasteiger partial charge in [-0.25, -0.2) is 0 Å². The molecular formula is C10H22N2O. The van der Waals surface area contributed by atoms with Crippen molar-refractivity contribution in [3.05, 3.63) is 0 Å². The zero-order valence-corrected chi connectivity index (χ0v) is 8.64. The molecule has 3 N–H and O–H groups in total. The molecule has 78 valence electrons. The maximum Gasteiger partial charge on any atom is 0.0474 e. The monoisotopic (exact) mass is 186 g/mol. The van der Waals surface area contributed by atoms with Gasteiger partial charge in [-0.15, -0.1) is 0 Å². The van der Waals surface area contributed by atoms with E-state index in [0.717, 1.165) is 32.7 Å². The first kappa shape index (κ1) is 11.0. The average molecular weight is 186 g/mol. The summed E-state index contributed by atoms with van der Waals surface area (Å²) in [6.07, 6.45) is 5.07. The normalized spacial score (nSPS) is 19.8. The molecule has 1 aliphatic rings. The van der Waals surface area contributed by atoms with Crippen LogP contribution in [0.1, 0.15) is 25.7 Å². The molecule has 0 aromatic carbocycles. The van der Waals surface area contributed by atoms with Crippen molar-refractivity contribution in [3.63, 3.8) is 0 Å². The molecule has 1 aliphatic carbocycles. The predicted octanol–water partition coefficient (Wildman–Crippen LogP) is 0.741. The van der Waals surface area contributed by atoms with E-state index < -0.39 is 0 Å². The zero-order chi connectivity index (χ0) is 9.57. The Bertz CT molecular complexity index is 129. The Morgan fingerprint density at radius 1 is 1.46 bits per heavy atom. The quantitative estimate of drug-likeness (QED) is 0.577. The highest BCUT2D eigenvalue weighted by molar-refractivity contribution is 4.90. The highest BCUT2D eigenvalue weighted by atomic mass is 16.5. The predicted molar refractivity (Wildman–Crippen MR) is 54.7 cm³/mol. The van der Waals surface area contributed by atoms with Gasteiger partial charge in [0.2, 0.25) is 0 Å². The van der Waals surface area contributed by atoms with Crippen LogP contribution in [0.25, 0.3) is 0 Å². The lowest BCUT2D eigenvalue weighted by atomic mass is 9.69. The standard InChI is InChI=1S/C10H22N2O/c1-13-7-3-6-12-9-10(8-11)4-2-5-10/h12H,2-9,11H2,1H3. The van der Waals surface area contributed by atoms with Crippen LogP contribution in [-0.4, -0.2) is 33.4 Å². The zero-order valence-electron chi connectivity index (χ0n) is 8.64. The summed E-state index contributed by atoms with van der Waals surface area (Å²) in [5.74, 6) is 0. The molecule has 0 spiro atoms. The molecule has 0 amide bonds. The minimum Gasteiger partial charge on any atom is -0.385 e. The fourth-order valence-electron chi connectivity index (χ4n) is 1.82. The molecule has 0 saturated heterocycles. The highest BCUT2D eigenvalue weighted by Gasteiger charge is 2.34. The third-order valence-electron chi connectivity index (χ3n) is 3.05. The molecule has 0 unspecified atom stereocenters. The lowest BCUT2D eigenvalue weighted by molar-refractivity contribution is 0.138. The molecule has 0 aromatic rings. The summed E-state index contributed by atoms with van der Waals surface area (Å²) in [6, 6.07) is 0. The van der Waals surface area contributed by atoms with Gasteiger partial charge >= 0.3 is 0 Å². The van der Waals surface area contributed by atoms with Crippen LogP contribution in [0.15, 0.2) is 0 Å². The summed E-state index contributed by atoms with van der Waals surface area (Å²) in [5.41, 5.74) is 6.18. The lowest BCUT2D eigenvalue weighted by Crippen LogP contribution is -2.45. The van der Waals surface area contributed by atoms with Crippen molar-refractivity contribution < 1.29 is 4.74 Å². The van der Waals surface area contributed by atoms with Crippen molar-refractivity contribution in [2.75, 3.05) is 33.4 Å². The number of nitrogens with two attached hydrogens (primary N) is 1. The van der Waals surface area contributed by atoms with Gasteiger partial charge < -0.3 is 15.8 Å². The fraction of sp³-hybridized carbons (Fsp3) is 1.00. The highest BCUT2D eigenvalue weighted by Crippen LogP contribution is 2.38. The van der Waals surface area contributed by atoms with Crippen LogP contribution >= 0.6 is 0 Å². The summed E-state index contributed by atoms with van der Waals surface area (Å²) >= 11 is 0. The molecule has 0 atom stereocenters. The Hall–Kier alpha value is -0.120. The first-order valence-corrected chi connectivity index (χ1v) is 5.23. The first-order valence-electron chi connectivity index (χ1n) is 5.23. The number of hydrogen-bond donors (Lipinski definition) is 2. The van der Waals surface area contributed by atoms with Gasteiger partial charge in [0.25, 0.3) is 0 Å². The average Bonchev–Trinajstić information content (AvgIpc) is 2.09. The van der Waals surface area contributed by atoms with Crippen molar-refractivity contribution in [2.45, 2.75) is 25.7 Å². The Balaban J connectivity index is 1.98. The second-order valence-corrected chi connectivity index (χ2v) is 4.08. The molecule has 0 radical (unpaired) electrons. The molecule has 13 heavy (non-hydrogen) atoms. The van der Waals surface area contributed by atoms with Gasteiger partial charge in [0.15, 0.2) is 0 Å². The number of ether oxygens (including phenoxy) is 1. The van der Waals surface area contributed by atoms with E-state index in [4.69, 9.17) is 10.5 Å². The van der Waals surface area contributed by atoms with E-state index in [1.54, 1.807) is 7.11 Å². The lowest BCUT2D eigenvalue weighted by Gasteiger charge is -2.41. The van der Waals surface area contributed by atoms with Crippen LogP contribution in [0.4, 0.5) is 0 Å². The molecule has 3 nitrogen and oxygen atoms in total. The Kier molecular flexibility index (Phi) is 4.70. The Labute approximate surface area is 81.0 Å². The van der Waals surface area contributed by atoms with E-state index in [1.165, 1.54) is 19.3 Å². The van der Waals surface area contributed by atoms with E-state index in [0.29, 0.717) is 5.41 Å². The minimum absolute atomic E-state index is 0.438. The van der Waals surface area contributed by atoms with Gasteiger partial charge in [-0.3, -0.25) is 0 Å². The largest absolute Gasteiger partial charge is 0.385 e. The van der Waals surface area contributed by atoms with E-state index in [2.05, 4.69) is 5.32 Å². The third kappa shape index (κ3) is 3.25. The smallest absolute Gasteiger partial charge is 0.0474 e. The van der Waals surface area contributed by atoms with Gasteiger partial charge in [-0.05, 0) is 37.8 Å². The van der Waals surface area contributed by atoms with Crippen LogP contribution in [0.3, 0.4) is 0 Å². The third-order valence-corrected chi connectivity index (χ3v) is 3.05. The molecule has 1 fully saturated rings. The van der Waals surface area contributed by atoms with E-state index in [1.807, 2.05) is 0 Å².